The number of hydrazone groups is 1. The van der Waals surface area contributed by atoms with Crippen LogP contribution >= 0.6 is 11.3 Å². The van der Waals surface area contributed by atoms with Crippen LogP contribution in [-0.2, 0) is 10.9 Å². The molecule has 0 bridgehead atoms. The molecule has 38 heavy (non-hydrogen) atoms. The van der Waals surface area contributed by atoms with Crippen LogP contribution in [0.25, 0.3) is 10.4 Å². The lowest BCUT2D eigenvalue weighted by molar-refractivity contribution is -0.137. The van der Waals surface area contributed by atoms with Crippen molar-refractivity contribution in [2.45, 2.75) is 6.18 Å². The largest absolute Gasteiger partial charge is 0.416 e. The van der Waals surface area contributed by atoms with Gasteiger partial charge in [0.05, 0.1) is 48.8 Å². The van der Waals surface area contributed by atoms with E-state index in [2.05, 4.69) is 30.8 Å². The number of pyridine rings is 1. The van der Waals surface area contributed by atoms with Gasteiger partial charge in [0, 0.05) is 23.7 Å². The smallest absolute Gasteiger partial charge is 0.378 e. The van der Waals surface area contributed by atoms with Crippen LogP contribution in [-0.4, -0.2) is 47.5 Å². The predicted octanol–water partition coefficient (Wildman–Crippen LogP) is 5.78. The van der Waals surface area contributed by atoms with Crippen LogP contribution < -0.4 is 15.6 Å². The maximum atomic E-state index is 14.2. The van der Waals surface area contributed by atoms with Crippen molar-refractivity contribution >= 4 is 40.7 Å². The van der Waals surface area contributed by atoms with Gasteiger partial charge < -0.3 is 15.0 Å². The zero-order valence-electron chi connectivity index (χ0n) is 19.7. The van der Waals surface area contributed by atoms with Gasteiger partial charge >= 0.3 is 6.18 Å². The average molecular weight is 544 g/mol. The first-order valence-electron chi connectivity index (χ1n) is 11.5. The van der Waals surface area contributed by atoms with E-state index in [4.69, 9.17) is 4.74 Å². The molecule has 2 N–H and O–H groups in total. The zero-order valence-corrected chi connectivity index (χ0v) is 20.6. The molecule has 1 aromatic carbocycles. The number of thiophene rings is 1. The molecular weight excluding hydrogens is 522 g/mol. The minimum Gasteiger partial charge on any atom is -0.378 e. The third-order valence-electron chi connectivity index (χ3n) is 5.54. The van der Waals surface area contributed by atoms with E-state index in [1.807, 2.05) is 5.38 Å². The van der Waals surface area contributed by atoms with E-state index in [-0.39, 0.29) is 17.5 Å². The SMILES string of the molecule is Fc1cnc(N/N=C/c2ccc(Nc3cc(-c4cccs4)cc(C(F)(F)F)c3)cn2)nc1N1CCOCC1. The first-order chi connectivity index (χ1) is 18.3. The molecule has 4 heterocycles. The van der Waals surface area contributed by atoms with Gasteiger partial charge in [-0.3, -0.25) is 4.98 Å². The normalized spacial score (nSPS) is 14.2. The topological polar surface area (TPSA) is 87.6 Å². The molecule has 0 amide bonds. The summed E-state index contributed by atoms with van der Waals surface area (Å²) in [7, 11) is 0. The number of hydrogen-bond acceptors (Lipinski definition) is 9. The molecule has 1 fully saturated rings. The number of aromatic nitrogens is 3. The summed E-state index contributed by atoms with van der Waals surface area (Å²) in [6.07, 6.45) is -0.500. The van der Waals surface area contributed by atoms with E-state index >= 15 is 0 Å². The molecule has 0 unspecified atom stereocenters. The van der Waals surface area contributed by atoms with Crippen molar-refractivity contribution in [3.63, 3.8) is 0 Å². The molecule has 4 aromatic rings. The van der Waals surface area contributed by atoms with Gasteiger partial charge in [-0.25, -0.2) is 14.8 Å². The van der Waals surface area contributed by atoms with Crippen LogP contribution in [0.3, 0.4) is 0 Å². The van der Waals surface area contributed by atoms with Crippen LogP contribution in [0, 0.1) is 5.82 Å². The van der Waals surface area contributed by atoms with Crippen LogP contribution in [0.15, 0.2) is 65.3 Å². The van der Waals surface area contributed by atoms with Gasteiger partial charge in [-0.05, 0) is 47.3 Å². The van der Waals surface area contributed by atoms with Crippen molar-refractivity contribution in [1.29, 1.82) is 0 Å². The van der Waals surface area contributed by atoms with Crippen molar-refractivity contribution in [1.82, 2.24) is 15.0 Å². The second-order valence-corrected chi connectivity index (χ2v) is 9.15. The fourth-order valence-electron chi connectivity index (χ4n) is 3.74. The van der Waals surface area contributed by atoms with Gasteiger partial charge in [0.1, 0.15) is 0 Å². The summed E-state index contributed by atoms with van der Waals surface area (Å²) in [5.74, 6) is -0.241. The summed E-state index contributed by atoms with van der Waals surface area (Å²) >= 11 is 1.36. The molecule has 1 saturated heterocycles. The first-order valence-corrected chi connectivity index (χ1v) is 12.4. The van der Waals surface area contributed by atoms with Gasteiger partial charge in [-0.15, -0.1) is 11.3 Å². The highest BCUT2D eigenvalue weighted by atomic mass is 32.1. The minimum absolute atomic E-state index is 0.119. The summed E-state index contributed by atoms with van der Waals surface area (Å²) in [6, 6.07) is 10.7. The molecular formula is C25H21F4N7OS. The number of alkyl halides is 3. The summed E-state index contributed by atoms with van der Waals surface area (Å²) in [5.41, 5.74) is 3.65. The van der Waals surface area contributed by atoms with Crippen LogP contribution in [0.2, 0.25) is 0 Å². The van der Waals surface area contributed by atoms with E-state index in [9.17, 15) is 17.6 Å². The number of hydrogen-bond donors (Lipinski definition) is 2. The second-order valence-electron chi connectivity index (χ2n) is 8.21. The van der Waals surface area contributed by atoms with Crippen LogP contribution in [0.5, 0.6) is 0 Å². The van der Waals surface area contributed by atoms with E-state index in [1.54, 1.807) is 35.2 Å². The summed E-state index contributed by atoms with van der Waals surface area (Å²) in [4.78, 5) is 14.9. The molecule has 3 aromatic heterocycles. The number of anilines is 4. The Hall–Kier alpha value is -4.10. The number of nitrogens with one attached hydrogen (secondary N) is 2. The molecule has 0 spiro atoms. The van der Waals surface area contributed by atoms with E-state index in [0.717, 1.165) is 23.2 Å². The maximum Gasteiger partial charge on any atom is 0.416 e. The van der Waals surface area contributed by atoms with E-state index in [0.29, 0.717) is 43.2 Å². The van der Waals surface area contributed by atoms with Crippen molar-refractivity contribution in [3.8, 4) is 10.4 Å². The van der Waals surface area contributed by atoms with Crippen molar-refractivity contribution in [2.75, 3.05) is 41.9 Å². The molecule has 13 heteroatoms. The van der Waals surface area contributed by atoms with Crippen molar-refractivity contribution < 1.29 is 22.3 Å². The molecule has 0 radical (unpaired) electrons. The van der Waals surface area contributed by atoms with E-state index < -0.39 is 17.6 Å². The van der Waals surface area contributed by atoms with E-state index in [1.165, 1.54) is 23.7 Å². The average Bonchev–Trinajstić information content (AvgIpc) is 3.46. The minimum atomic E-state index is -4.48. The number of morpholine rings is 1. The van der Waals surface area contributed by atoms with Crippen molar-refractivity contribution in [2.24, 2.45) is 5.10 Å². The molecule has 5 rings (SSSR count). The Labute approximate surface area is 219 Å². The molecule has 0 saturated carbocycles. The molecule has 1 aliphatic rings. The summed E-state index contributed by atoms with van der Waals surface area (Å²) < 4.78 is 59.8. The zero-order chi connectivity index (χ0) is 26.5. The van der Waals surface area contributed by atoms with Gasteiger partial charge in [0.2, 0.25) is 5.95 Å². The Morgan fingerprint density at radius 1 is 1.03 bits per heavy atom. The highest BCUT2D eigenvalue weighted by Crippen LogP contribution is 2.36. The van der Waals surface area contributed by atoms with Crippen LogP contribution in [0.1, 0.15) is 11.3 Å². The Kier molecular flexibility index (Phi) is 7.47. The van der Waals surface area contributed by atoms with Crippen molar-refractivity contribution in [3.05, 3.63) is 77.3 Å². The van der Waals surface area contributed by atoms with Gasteiger partial charge in [-0.1, -0.05) is 6.07 Å². The summed E-state index contributed by atoms with van der Waals surface area (Å²) in [6.45, 7) is 2.03. The lowest BCUT2D eigenvalue weighted by atomic mass is 10.1. The maximum absolute atomic E-state index is 14.2. The standard InChI is InChI=1S/C25H21F4N7OS/c26-21-15-31-24(34-23(21)36-5-7-37-8-6-36)35-32-14-18-3-4-19(13-30-18)33-20-11-16(22-2-1-9-38-22)10-17(12-20)25(27,28)29/h1-4,9-15,33H,5-8H2,(H,31,34,35)/b32-14+. The molecule has 0 aliphatic carbocycles. The second kappa shape index (κ2) is 11.1. The van der Waals surface area contributed by atoms with Gasteiger partial charge in [0.15, 0.2) is 11.6 Å². The van der Waals surface area contributed by atoms with Crippen LogP contribution in [0.4, 0.5) is 40.7 Å². The molecule has 0 atom stereocenters. The monoisotopic (exact) mass is 543 g/mol. The third kappa shape index (κ3) is 6.23. The lowest BCUT2D eigenvalue weighted by Gasteiger charge is -2.27. The lowest BCUT2D eigenvalue weighted by Crippen LogP contribution is -2.37. The fourth-order valence-corrected chi connectivity index (χ4v) is 4.45. The van der Waals surface area contributed by atoms with Gasteiger partial charge in [0.25, 0.3) is 0 Å². The molecule has 196 valence electrons. The first kappa shape index (κ1) is 25.5. The highest BCUT2D eigenvalue weighted by molar-refractivity contribution is 7.13. The number of nitrogens with zero attached hydrogens (tertiary/aromatic N) is 5. The molecule has 8 nitrogen and oxygen atoms in total. The van der Waals surface area contributed by atoms with Gasteiger partial charge in [-0.2, -0.15) is 23.3 Å². The predicted molar refractivity (Wildman–Crippen MR) is 139 cm³/mol. The highest BCUT2D eigenvalue weighted by Gasteiger charge is 2.31. The fraction of sp³-hybridized carbons (Fsp3) is 0.200. The Morgan fingerprint density at radius 3 is 2.58 bits per heavy atom. The summed E-state index contributed by atoms with van der Waals surface area (Å²) in [5, 5.41) is 8.84. The number of benzene rings is 1. The molecule has 1 aliphatic heterocycles. The number of halogens is 4. The Bertz CT molecular complexity index is 1410. The number of rotatable bonds is 7. The number of ether oxygens (including phenoxy) is 1. The quantitative estimate of drug-likeness (QED) is 0.174. The Balaban J connectivity index is 1.26. The Morgan fingerprint density at radius 2 is 1.87 bits per heavy atom. The third-order valence-corrected chi connectivity index (χ3v) is 6.46.